The summed E-state index contributed by atoms with van der Waals surface area (Å²) in [6.07, 6.45) is 0. The van der Waals surface area contributed by atoms with Gasteiger partial charge in [-0.15, -0.1) is 11.3 Å². The fraction of sp³-hybridized carbons (Fsp3) is 0.167. The molecule has 0 fully saturated rings. The number of thiophene rings is 1. The molecule has 0 spiro atoms. The summed E-state index contributed by atoms with van der Waals surface area (Å²) in [5, 5.41) is 0. The largest absolute Gasteiger partial charge is 0.326 e. The van der Waals surface area contributed by atoms with E-state index in [0.29, 0.717) is 6.54 Å². The minimum absolute atomic E-state index is 0.250. The van der Waals surface area contributed by atoms with Crippen molar-refractivity contribution in [2.75, 3.05) is 0 Å². The molecular weight excluding hydrogens is 348 g/mol. The highest BCUT2D eigenvalue weighted by atomic mass is 79.9. The Bertz CT molecular complexity index is 651. The van der Waals surface area contributed by atoms with Gasteiger partial charge in [0.15, 0.2) is 0 Å². The minimum atomic E-state index is -3.47. The number of hydrogen-bond acceptors (Lipinski definition) is 4. The second-order valence-electron chi connectivity index (χ2n) is 3.88. The molecule has 2 aromatic rings. The monoisotopic (exact) mass is 360 g/mol. The highest BCUT2D eigenvalue weighted by Crippen LogP contribution is 2.22. The third kappa shape index (κ3) is 3.87. The molecule has 1 heterocycles. The first kappa shape index (κ1) is 14.7. The standard InChI is InChI=1S/C12H13BrN2O2S2/c13-12-6-3-10(18-12)8-15-19(16,17)11-4-1-9(7-14)2-5-11/h1-6,15H,7-8,14H2. The van der Waals surface area contributed by atoms with Crippen LogP contribution in [0.2, 0.25) is 0 Å². The molecule has 4 nitrogen and oxygen atoms in total. The van der Waals surface area contributed by atoms with Crippen LogP contribution in [0, 0.1) is 0 Å². The highest BCUT2D eigenvalue weighted by molar-refractivity contribution is 9.11. The van der Waals surface area contributed by atoms with E-state index >= 15 is 0 Å². The van der Waals surface area contributed by atoms with Crippen LogP contribution in [0.4, 0.5) is 0 Å². The van der Waals surface area contributed by atoms with Gasteiger partial charge in [0.05, 0.1) is 8.68 Å². The first-order valence-corrected chi connectivity index (χ1v) is 8.63. The van der Waals surface area contributed by atoms with Crippen molar-refractivity contribution in [3.8, 4) is 0 Å². The Hall–Kier alpha value is -0.730. The van der Waals surface area contributed by atoms with Gasteiger partial charge < -0.3 is 5.73 Å². The maximum atomic E-state index is 12.1. The molecule has 0 bridgehead atoms. The summed E-state index contributed by atoms with van der Waals surface area (Å²) in [4.78, 5) is 1.20. The molecule has 0 aliphatic heterocycles. The van der Waals surface area contributed by atoms with E-state index < -0.39 is 10.0 Å². The van der Waals surface area contributed by atoms with Crippen LogP contribution in [0.3, 0.4) is 0 Å². The Balaban J connectivity index is 2.09. The lowest BCUT2D eigenvalue weighted by Gasteiger charge is -2.06. The second-order valence-corrected chi connectivity index (χ2v) is 8.19. The molecule has 0 radical (unpaired) electrons. The third-order valence-electron chi connectivity index (χ3n) is 2.53. The molecule has 0 saturated carbocycles. The van der Waals surface area contributed by atoms with Gasteiger partial charge in [-0.2, -0.15) is 0 Å². The highest BCUT2D eigenvalue weighted by Gasteiger charge is 2.13. The number of halogens is 1. The Kier molecular flexibility index (Phi) is 4.75. The smallest absolute Gasteiger partial charge is 0.240 e. The van der Waals surface area contributed by atoms with Crippen molar-refractivity contribution in [2.24, 2.45) is 5.73 Å². The van der Waals surface area contributed by atoms with Crippen molar-refractivity contribution in [2.45, 2.75) is 18.0 Å². The second kappa shape index (κ2) is 6.15. The Morgan fingerprint density at radius 2 is 1.84 bits per heavy atom. The number of nitrogens with two attached hydrogens (primary N) is 1. The molecule has 1 aromatic heterocycles. The molecule has 0 saturated heterocycles. The van der Waals surface area contributed by atoms with Gasteiger partial charge in [-0.05, 0) is 45.8 Å². The van der Waals surface area contributed by atoms with Crippen molar-refractivity contribution < 1.29 is 8.42 Å². The maximum absolute atomic E-state index is 12.1. The molecule has 0 atom stereocenters. The molecule has 7 heteroatoms. The van der Waals surface area contributed by atoms with E-state index in [-0.39, 0.29) is 11.4 Å². The van der Waals surface area contributed by atoms with E-state index in [1.165, 1.54) is 11.3 Å². The first-order valence-electron chi connectivity index (χ1n) is 5.54. The summed E-state index contributed by atoms with van der Waals surface area (Å²) < 4.78 is 27.7. The van der Waals surface area contributed by atoms with Crippen LogP contribution in [0.1, 0.15) is 10.4 Å². The summed E-state index contributed by atoms with van der Waals surface area (Å²) in [6, 6.07) is 10.3. The summed E-state index contributed by atoms with van der Waals surface area (Å²) in [7, 11) is -3.47. The third-order valence-corrected chi connectivity index (χ3v) is 5.58. The van der Waals surface area contributed by atoms with Gasteiger partial charge in [0.1, 0.15) is 0 Å². The van der Waals surface area contributed by atoms with Crippen LogP contribution in [-0.2, 0) is 23.1 Å². The van der Waals surface area contributed by atoms with Crippen molar-refractivity contribution in [3.63, 3.8) is 0 Å². The summed E-state index contributed by atoms with van der Waals surface area (Å²) in [5.74, 6) is 0. The van der Waals surface area contributed by atoms with E-state index in [1.54, 1.807) is 24.3 Å². The van der Waals surface area contributed by atoms with Gasteiger partial charge in [-0.3, -0.25) is 0 Å². The summed E-state index contributed by atoms with van der Waals surface area (Å²) in [6.45, 7) is 0.689. The summed E-state index contributed by atoms with van der Waals surface area (Å²) >= 11 is 4.85. The van der Waals surface area contributed by atoms with Crippen molar-refractivity contribution in [1.82, 2.24) is 4.72 Å². The average molecular weight is 361 g/mol. The fourth-order valence-corrected chi connectivity index (χ4v) is 4.02. The van der Waals surface area contributed by atoms with Crippen LogP contribution < -0.4 is 10.5 Å². The van der Waals surface area contributed by atoms with Crippen LogP contribution in [-0.4, -0.2) is 8.42 Å². The Morgan fingerprint density at radius 1 is 1.16 bits per heavy atom. The molecule has 3 N–H and O–H groups in total. The molecule has 0 amide bonds. The SMILES string of the molecule is NCc1ccc(S(=O)(=O)NCc2ccc(Br)s2)cc1. The molecule has 2 rings (SSSR count). The molecule has 0 unspecified atom stereocenters. The molecule has 0 aliphatic rings. The minimum Gasteiger partial charge on any atom is -0.326 e. The van der Waals surface area contributed by atoms with Gasteiger partial charge in [-0.1, -0.05) is 12.1 Å². The lowest BCUT2D eigenvalue weighted by molar-refractivity contribution is 0.582. The van der Waals surface area contributed by atoms with Crippen molar-refractivity contribution in [3.05, 3.63) is 50.6 Å². The van der Waals surface area contributed by atoms with Gasteiger partial charge in [0.25, 0.3) is 0 Å². The van der Waals surface area contributed by atoms with E-state index in [2.05, 4.69) is 20.7 Å². The van der Waals surface area contributed by atoms with Gasteiger partial charge in [-0.25, -0.2) is 13.1 Å². The van der Waals surface area contributed by atoms with Crippen LogP contribution in [0.15, 0.2) is 45.1 Å². The molecular formula is C12H13BrN2O2S2. The van der Waals surface area contributed by atoms with Crippen LogP contribution >= 0.6 is 27.3 Å². The number of hydrogen-bond donors (Lipinski definition) is 2. The molecule has 102 valence electrons. The van der Waals surface area contributed by atoms with Gasteiger partial charge in [0, 0.05) is 18.0 Å². The zero-order valence-corrected chi connectivity index (χ0v) is 13.2. The van der Waals surface area contributed by atoms with Crippen molar-refractivity contribution in [1.29, 1.82) is 0 Å². The van der Waals surface area contributed by atoms with Gasteiger partial charge in [0.2, 0.25) is 10.0 Å². The topological polar surface area (TPSA) is 72.2 Å². The average Bonchev–Trinajstić information content (AvgIpc) is 2.82. The van der Waals surface area contributed by atoms with Crippen LogP contribution in [0.5, 0.6) is 0 Å². The Labute approximate surface area is 124 Å². The first-order chi connectivity index (χ1) is 9.01. The van der Waals surface area contributed by atoms with Crippen LogP contribution in [0.25, 0.3) is 0 Å². The Morgan fingerprint density at radius 3 is 2.37 bits per heavy atom. The van der Waals surface area contributed by atoms with Crippen molar-refractivity contribution >= 4 is 37.3 Å². The number of sulfonamides is 1. The lowest BCUT2D eigenvalue weighted by atomic mass is 10.2. The molecule has 1 aromatic carbocycles. The lowest BCUT2D eigenvalue weighted by Crippen LogP contribution is -2.22. The van der Waals surface area contributed by atoms with E-state index in [4.69, 9.17) is 5.73 Å². The predicted molar refractivity (Wildman–Crippen MR) is 80.4 cm³/mol. The van der Waals surface area contributed by atoms with E-state index in [1.807, 2.05) is 12.1 Å². The predicted octanol–water partition coefficient (Wildman–Crippen LogP) is 2.45. The molecule has 19 heavy (non-hydrogen) atoms. The number of benzene rings is 1. The van der Waals surface area contributed by atoms with Gasteiger partial charge >= 0.3 is 0 Å². The molecule has 0 aliphatic carbocycles. The number of nitrogens with one attached hydrogen (secondary N) is 1. The van der Waals surface area contributed by atoms with E-state index in [9.17, 15) is 8.42 Å². The zero-order chi connectivity index (χ0) is 13.9. The summed E-state index contributed by atoms with van der Waals surface area (Å²) in [5.41, 5.74) is 6.38. The number of rotatable bonds is 5. The normalized spacial score (nSPS) is 11.7. The van der Waals surface area contributed by atoms with E-state index in [0.717, 1.165) is 14.2 Å². The zero-order valence-electron chi connectivity index (χ0n) is 9.97. The quantitative estimate of drug-likeness (QED) is 0.859. The maximum Gasteiger partial charge on any atom is 0.240 e. The fourth-order valence-electron chi connectivity index (χ4n) is 1.50.